The van der Waals surface area contributed by atoms with E-state index in [4.69, 9.17) is 4.42 Å². The molecule has 0 aromatic carbocycles. The topological polar surface area (TPSA) is 65.2 Å². The van der Waals surface area contributed by atoms with Crippen LogP contribution in [0.4, 0.5) is 0 Å². The predicted molar refractivity (Wildman–Crippen MR) is 65.0 cm³/mol. The minimum Gasteiger partial charge on any atom is -0.469 e. The molecule has 0 saturated heterocycles. The van der Waals surface area contributed by atoms with Crippen molar-refractivity contribution in [2.75, 3.05) is 12.9 Å². The molecule has 0 N–H and O–H groups in total. The molecular formula is C10H10N2O3S2. The van der Waals surface area contributed by atoms with Gasteiger partial charge in [-0.3, -0.25) is 4.79 Å². The van der Waals surface area contributed by atoms with E-state index in [2.05, 4.69) is 14.9 Å². The van der Waals surface area contributed by atoms with E-state index in [-0.39, 0.29) is 5.97 Å². The van der Waals surface area contributed by atoms with Crippen molar-refractivity contribution in [2.45, 2.75) is 10.8 Å². The molecule has 2 aromatic heterocycles. The summed E-state index contributed by atoms with van der Waals surface area (Å²) in [6.07, 6.45) is 1.97. The summed E-state index contributed by atoms with van der Waals surface area (Å²) in [6, 6.07) is 3.64. The third-order valence-corrected chi connectivity index (χ3v) is 3.97. The minimum atomic E-state index is -0.215. The van der Waals surface area contributed by atoms with Crippen LogP contribution in [-0.4, -0.2) is 29.0 Å². The number of carbonyl (C=O) groups is 1. The molecule has 2 aromatic rings. The quantitative estimate of drug-likeness (QED) is 0.614. The average molecular weight is 270 g/mol. The molecule has 2 rings (SSSR count). The standard InChI is InChI=1S/C10H10N2O3S2/c1-14-8(13)4-6-16-10-12-11-9(17-10)7-3-2-5-15-7/h2-3,5H,4,6H2,1H3. The molecule has 0 bridgehead atoms. The Labute approximate surface area is 106 Å². The number of esters is 1. The highest BCUT2D eigenvalue weighted by atomic mass is 32.2. The zero-order valence-electron chi connectivity index (χ0n) is 9.08. The van der Waals surface area contributed by atoms with E-state index in [1.54, 1.807) is 12.3 Å². The number of methoxy groups -OCH3 is 1. The lowest BCUT2D eigenvalue weighted by molar-refractivity contribution is -0.140. The van der Waals surface area contributed by atoms with Crippen molar-refractivity contribution in [3.8, 4) is 10.8 Å². The summed E-state index contributed by atoms with van der Waals surface area (Å²) in [5.74, 6) is 1.13. The molecule has 0 atom stereocenters. The summed E-state index contributed by atoms with van der Waals surface area (Å²) in [4.78, 5) is 10.9. The van der Waals surface area contributed by atoms with Gasteiger partial charge in [-0.1, -0.05) is 23.1 Å². The Morgan fingerprint density at radius 2 is 2.47 bits per heavy atom. The van der Waals surface area contributed by atoms with Gasteiger partial charge >= 0.3 is 5.97 Å². The van der Waals surface area contributed by atoms with Crippen molar-refractivity contribution in [1.82, 2.24) is 10.2 Å². The van der Waals surface area contributed by atoms with E-state index in [9.17, 15) is 4.79 Å². The normalized spacial score (nSPS) is 10.4. The van der Waals surface area contributed by atoms with Crippen LogP contribution in [0.2, 0.25) is 0 Å². The molecule has 0 amide bonds. The molecule has 2 heterocycles. The van der Waals surface area contributed by atoms with E-state index in [0.29, 0.717) is 17.9 Å². The van der Waals surface area contributed by atoms with Crippen LogP contribution in [-0.2, 0) is 9.53 Å². The van der Waals surface area contributed by atoms with Crippen LogP contribution in [0.15, 0.2) is 27.2 Å². The molecule has 0 unspecified atom stereocenters. The second-order valence-corrected chi connectivity index (χ2v) is 5.34. The summed E-state index contributed by atoms with van der Waals surface area (Å²) in [7, 11) is 1.38. The van der Waals surface area contributed by atoms with Gasteiger partial charge < -0.3 is 9.15 Å². The maximum atomic E-state index is 10.9. The number of hydrogen-bond acceptors (Lipinski definition) is 7. The fourth-order valence-electron chi connectivity index (χ4n) is 1.09. The molecule has 0 radical (unpaired) electrons. The highest BCUT2D eigenvalue weighted by Crippen LogP contribution is 2.29. The van der Waals surface area contributed by atoms with Crippen molar-refractivity contribution in [2.24, 2.45) is 0 Å². The maximum Gasteiger partial charge on any atom is 0.306 e. The first-order valence-corrected chi connectivity index (χ1v) is 6.67. The van der Waals surface area contributed by atoms with E-state index < -0.39 is 0 Å². The van der Waals surface area contributed by atoms with Gasteiger partial charge in [-0.05, 0) is 12.1 Å². The summed E-state index contributed by atoms with van der Waals surface area (Å²) in [6.45, 7) is 0. The number of furan rings is 1. The van der Waals surface area contributed by atoms with Crippen molar-refractivity contribution in [3.05, 3.63) is 18.4 Å². The van der Waals surface area contributed by atoms with Gasteiger partial charge in [-0.25, -0.2) is 0 Å². The Morgan fingerprint density at radius 3 is 3.18 bits per heavy atom. The van der Waals surface area contributed by atoms with Crippen LogP contribution >= 0.6 is 23.1 Å². The molecule has 0 aliphatic carbocycles. The van der Waals surface area contributed by atoms with E-state index >= 15 is 0 Å². The maximum absolute atomic E-state index is 10.9. The lowest BCUT2D eigenvalue weighted by Gasteiger charge is -1.95. The summed E-state index contributed by atoms with van der Waals surface area (Å²) in [5, 5.41) is 8.77. The first kappa shape index (κ1) is 12.1. The third kappa shape index (κ3) is 3.31. The predicted octanol–water partition coefficient (Wildman–Crippen LogP) is 2.45. The molecule has 5 nitrogen and oxygen atoms in total. The average Bonchev–Trinajstić information content (AvgIpc) is 2.98. The minimum absolute atomic E-state index is 0.215. The Hall–Kier alpha value is -1.34. The van der Waals surface area contributed by atoms with Gasteiger partial charge in [-0.2, -0.15) is 0 Å². The van der Waals surface area contributed by atoms with Crippen LogP contribution in [0.3, 0.4) is 0 Å². The zero-order chi connectivity index (χ0) is 12.1. The van der Waals surface area contributed by atoms with Gasteiger partial charge in [0, 0.05) is 5.75 Å². The Kier molecular flexibility index (Phi) is 4.16. The second-order valence-electron chi connectivity index (χ2n) is 3.03. The molecule has 0 aliphatic rings. The number of ether oxygens (including phenoxy) is 1. The van der Waals surface area contributed by atoms with E-state index in [0.717, 1.165) is 9.35 Å². The first-order valence-electron chi connectivity index (χ1n) is 4.86. The van der Waals surface area contributed by atoms with Crippen LogP contribution in [0.5, 0.6) is 0 Å². The molecular weight excluding hydrogens is 260 g/mol. The highest BCUT2D eigenvalue weighted by Gasteiger charge is 2.09. The Bertz CT molecular complexity index is 481. The summed E-state index contributed by atoms with van der Waals surface area (Å²) in [5.41, 5.74) is 0. The van der Waals surface area contributed by atoms with Gasteiger partial charge in [0.25, 0.3) is 0 Å². The zero-order valence-corrected chi connectivity index (χ0v) is 10.7. The lowest BCUT2D eigenvalue weighted by Crippen LogP contribution is -2.00. The van der Waals surface area contributed by atoms with Gasteiger partial charge in [0.05, 0.1) is 19.8 Å². The summed E-state index contributed by atoms with van der Waals surface area (Å²) >= 11 is 2.93. The number of carbonyl (C=O) groups excluding carboxylic acids is 1. The van der Waals surface area contributed by atoms with E-state index in [1.165, 1.54) is 30.2 Å². The third-order valence-electron chi connectivity index (χ3n) is 1.90. The molecule has 7 heteroatoms. The monoisotopic (exact) mass is 270 g/mol. The molecule has 17 heavy (non-hydrogen) atoms. The first-order chi connectivity index (χ1) is 8.29. The van der Waals surface area contributed by atoms with Crippen LogP contribution in [0.25, 0.3) is 10.8 Å². The molecule has 0 saturated carbocycles. The van der Waals surface area contributed by atoms with Crippen molar-refractivity contribution in [3.63, 3.8) is 0 Å². The lowest BCUT2D eigenvalue weighted by atomic mass is 10.5. The fourth-order valence-corrected chi connectivity index (χ4v) is 2.90. The molecule has 0 fully saturated rings. The Morgan fingerprint density at radius 1 is 1.59 bits per heavy atom. The number of aromatic nitrogens is 2. The summed E-state index contributed by atoms with van der Waals surface area (Å²) < 4.78 is 10.6. The van der Waals surface area contributed by atoms with Crippen LogP contribution in [0, 0.1) is 0 Å². The fraction of sp³-hybridized carbons (Fsp3) is 0.300. The van der Waals surface area contributed by atoms with Gasteiger partial charge in [-0.15, -0.1) is 10.2 Å². The van der Waals surface area contributed by atoms with Crippen LogP contribution in [0.1, 0.15) is 6.42 Å². The van der Waals surface area contributed by atoms with Crippen molar-refractivity contribution < 1.29 is 13.9 Å². The largest absolute Gasteiger partial charge is 0.469 e. The number of thioether (sulfide) groups is 1. The van der Waals surface area contributed by atoms with Crippen LogP contribution < -0.4 is 0 Å². The smallest absolute Gasteiger partial charge is 0.306 e. The second kappa shape index (κ2) is 5.83. The van der Waals surface area contributed by atoms with Gasteiger partial charge in [0.15, 0.2) is 15.1 Å². The molecule has 0 spiro atoms. The highest BCUT2D eigenvalue weighted by molar-refractivity contribution is 8.01. The van der Waals surface area contributed by atoms with Gasteiger partial charge in [0.1, 0.15) is 0 Å². The number of hydrogen-bond donors (Lipinski definition) is 0. The molecule has 0 aliphatic heterocycles. The number of nitrogens with zero attached hydrogens (tertiary/aromatic N) is 2. The van der Waals surface area contributed by atoms with Crippen molar-refractivity contribution in [1.29, 1.82) is 0 Å². The number of rotatable bonds is 5. The van der Waals surface area contributed by atoms with Crippen molar-refractivity contribution >= 4 is 29.1 Å². The van der Waals surface area contributed by atoms with Gasteiger partial charge in [0.2, 0.25) is 0 Å². The van der Waals surface area contributed by atoms with E-state index in [1.807, 2.05) is 6.07 Å². The Balaban J connectivity index is 1.89. The molecule has 90 valence electrons. The SMILES string of the molecule is COC(=O)CCSc1nnc(-c2ccco2)s1.